The molecule has 1 rings (SSSR count). The molecule has 8 heavy (non-hydrogen) atoms. The maximum absolute atomic E-state index is 10.3. The summed E-state index contributed by atoms with van der Waals surface area (Å²) in [6.45, 7) is 0.352. The number of quaternary nitrogens is 1. The Bertz CT molecular complexity index is 122. The van der Waals surface area contributed by atoms with Crippen molar-refractivity contribution in [3.63, 3.8) is 0 Å². The summed E-state index contributed by atoms with van der Waals surface area (Å²) in [5.74, 6) is 0. The van der Waals surface area contributed by atoms with Crippen LogP contribution in [0.15, 0.2) is 0 Å². The van der Waals surface area contributed by atoms with Crippen LogP contribution in [0.5, 0.6) is 0 Å². The minimum Gasteiger partial charge on any atom is -0.294 e. The van der Waals surface area contributed by atoms with Crippen molar-refractivity contribution in [3.05, 3.63) is 0 Å². The Morgan fingerprint density at radius 2 is 2.25 bits per heavy atom. The first-order valence-corrected chi connectivity index (χ1v) is 2.25. The van der Waals surface area contributed by atoms with Crippen LogP contribution in [0, 0.1) is 0 Å². The van der Waals surface area contributed by atoms with Gasteiger partial charge in [-0.25, -0.2) is 4.79 Å². The summed E-state index contributed by atoms with van der Waals surface area (Å²) in [6.07, 6.45) is 0. The normalized spacial score (nSPS) is 25.5. The van der Waals surface area contributed by atoms with Crippen molar-refractivity contribution >= 4 is 6.03 Å². The third kappa shape index (κ3) is 0.664. The van der Waals surface area contributed by atoms with Crippen molar-refractivity contribution in [2.75, 3.05) is 13.1 Å². The fourth-order valence-electron chi connectivity index (χ4n) is 0.547. The Morgan fingerprint density at radius 1 is 1.62 bits per heavy atom. The van der Waals surface area contributed by atoms with E-state index >= 15 is 0 Å². The topological polar surface area (TPSA) is 69.6 Å². The maximum atomic E-state index is 10.3. The lowest BCUT2D eigenvalue weighted by Crippen LogP contribution is -2.43. The molecular formula is C3H7N2O3+. The summed E-state index contributed by atoms with van der Waals surface area (Å²) in [4.78, 5) is 8.74. The zero-order chi connectivity index (χ0) is 6.20. The molecule has 0 atom stereocenters. The van der Waals surface area contributed by atoms with E-state index in [4.69, 9.17) is 10.4 Å². The first-order valence-electron chi connectivity index (χ1n) is 2.25. The molecule has 1 aliphatic rings. The van der Waals surface area contributed by atoms with Gasteiger partial charge in [0.2, 0.25) is 0 Å². The molecule has 0 bridgehead atoms. The molecule has 0 spiro atoms. The predicted octanol–water partition coefficient (Wildman–Crippen LogP) is -0.695. The highest BCUT2D eigenvalue weighted by Crippen LogP contribution is 2.00. The van der Waals surface area contributed by atoms with Crippen LogP contribution in [0.1, 0.15) is 0 Å². The van der Waals surface area contributed by atoms with Crippen LogP contribution >= 0.6 is 0 Å². The maximum Gasteiger partial charge on any atom is 0.482 e. The minimum absolute atomic E-state index is 0.0266. The van der Waals surface area contributed by atoms with Gasteiger partial charge in [0.15, 0.2) is 6.54 Å². The third-order valence-corrected chi connectivity index (χ3v) is 1.03. The molecular weight excluding hydrogens is 112 g/mol. The number of amides is 2. The van der Waals surface area contributed by atoms with Crippen molar-refractivity contribution in [2.45, 2.75) is 0 Å². The summed E-state index contributed by atoms with van der Waals surface area (Å²) in [7, 11) is 0. The van der Waals surface area contributed by atoms with Gasteiger partial charge in [0.05, 0.1) is 6.54 Å². The Kier molecular flexibility index (Phi) is 0.968. The number of nitrogens with one attached hydrogen (secondary N) is 1. The summed E-state index contributed by atoms with van der Waals surface area (Å²) in [5, 5.41) is 19.3. The SMILES string of the molecule is O=C1NCC[N+]1(O)O. The molecule has 0 aromatic rings. The van der Waals surface area contributed by atoms with E-state index in [1.807, 2.05) is 0 Å². The zero-order valence-corrected chi connectivity index (χ0v) is 4.16. The average Bonchev–Trinajstić information content (AvgIpc) is 1.86. The second-order valence-corrected chi connectivity index (χ2v) is 1.69. The van der Waals surface area contributed by atoms with Gasteiger partial charge in [-0.05, 0) is 0 Å². The van der Waals surface area contributed by atoms with E-state index in [9.17, 15) is 4.79 Å². The summed E-state index contributed by atoms with van der Waals surface area (Å²) >= 11 is 0. The number of hydroxylamine groups is 4. The van der Waals surface area contributed by atoms with Crippen LogP contribution in [-0.2, 0) is 0 Å². The summed E-state index contributed by atoms with van der Waals surface area (Å²) in [5.41, 5.74) is 0. The van der Waals surface area contributed by atoms with Crippen molar-refractivity contribution in [1.29, 1.82) is 0 Å². The number of hydrogen-bond donors (Lipinski definition) is 3. The van der Waals surface area contributed by atoms with Gasteiger partial charge in [0.1, 0.15) is 0 Å². The standard InChI is InChI=1S/C3H6N2O3/c6-3-4-1-2-5(3,7)8/h7-8H,1-2H2/p+1. The van der Waals surface area contributed by atoms with E-state index in [1.165, 1.54) is 0 Å². The molecule has 0 aromatic heterocycles. The molecule has 0 radical (unpaired) electrons. The van der Waals surface area contributed by atoms with Crippen molar-refractivity contribution in [1.82, 2.24) is 5.32 Å². The number of hydrogen-bond acceptors (Lipinski definition) is 3. The molecule has 5 heteroatoms. The van der Waals surface area contributed by atoms with Crippen LogP contribution in [0.3, 0.4) is 0 Å². The highest BCUT2D eigenvalue weighted by molar-refractivity contribution is 5.66. The molecule has 0 saturated carbocycles. The molecule has 3 N–H and O–H groups in total. The molecule has 2 amide bonds. The van der Waals surface area contributed by atoms with Gasteiger partial charge in [-0.3, -0.25) is 5.32 Å². The van der Waals surface area contributed by atoms with Gasteiger partial charge < -0.3 is 0 Å². The van der Waals surface area contributed by atoms with Gasteiger partial charge in [0.25, 0.3) is 0 Å². The minimum atomic E-state index is -1.51. The number of carbonyl (C=O) groups excluding carboxylic acids is 1. The van der Waals surface area contributed by atoms with E-state index in [0.29, 0.717) is 6.54 Å². The zero-order valence-electron chi connectivity index (χ0n) is 4.16. The quantitative estimate of drug-likeness (QED) is 0.292. The molecule has 1 fully saturated rings. The molecule has 1 aliphatic heterocycles. The van der Waals surface area contributed by atoms with Crippen LogP contribution < -0.4 is 5.32 Å². The van der Waals surface area contributed by atoms with Gasteiger partial charge in [-0.2, -0.15) is 10.4 Å². The molecule has 46 valence electrons. The van der Waals surface area contributed by atoms with Gasteiger partial charge in [0, 0.05) is 4.81 Å². The van der Waals surface area contributed by atoms with Crippen molar-refractivity contribution in [2.24, 2.45) is 0 Å². The second kappa shape index (κ2) is 1.41. The Morgan fingerprint density at radius 3 is 2.38 bits per heavy atom. The van der Waals surface area contributed by atoms with Gasteiger partial charge in [-0.1, -0.05) is 0 Å². The lowest BCUT2D eigenvalue weighted by atomic mass is 10.7. The van der Waals surface area contributed by atoms with Crippen LogP contribution in [-0.4, -0.2) is 34.3 Å². The summed E-state index contributed by atoms with van der Waals surface area (Å²) < 4.78 is 0. The predicted molar refractivity (Wildman–Crippen MR) is 22.1 cm³/mol. The Hall–Kier alpha value is -0.650. The molecule has 1 heterocycles. The van der Waals surface area contributed by atoms with Crippen LogP contribution in [0.25, 0.3) is 0 Å². The summed E-state index contributed by atoms with van der Waals surface area (Å²) in [6, 6.07) is -0.759. The van der Waals surface area contributed by atoms with E-state index in [0.717, 1.165) is 0 Å². The van der Waals surface area contributed by atoms with Crippen LogP contribution in [0.2, 0.25) is 0 Å². The monoisotopic (exact) mass is 119 g/mol. The molecule has 0 aromatic carbocycles. The highest BCUT2D eigenvalue weighted by Gasteiger charge is 2.40. The number of nitrogens with zero attached hydrogens (tertiary/aromatic N) is 1. The second-order valence-electron chi connectivity index (χ2n) is 1.69. The number of carbonyl (C=O) groups is 1. The smallest absolute Gasteiger partial charge is 0.294 e. The Labute approximate surface area is 45.6 Å². The highest BCUT2D eigenvalue weighted by atomic mass is 16.8. The lowest BCUT2D eigenvalue weighted by molar-refractivity contribution is -1.18. The number of urea groups is 1. The fourth-order valence-corrected chi connectivity index (χ4v) is 0.547. The molecule has 0 unspecified atom stereocenters. The van der Waals surface area contributed by atoms with E-state index in [2.05, 4.69) is 5.32 Å². The largest absolute Gasteiger partial charge is 0.482 e. The van der Waals surface area contributed by atoms with Gasteiger partial charge >= 0.3 is 6.03 Å². The molecule has 0 aliphatic carbocycles. The average molecular weight is 119 g/mol. The van der Waals surface area contributed by atoms with E-state index in [1.54, 1.807) is 0 Å². The molecule has 1 saturated heterocycles. The first-order chi connectivity index (χ1) is 3.63. The fraction of sp³-hybridized carbons (Fsp3) is 0.667. The van der Waals surface area contributed by atoms with Crippen LogP contribution in [0.4, 0.5) is 4.79 Å². The first kappa shape index (κ1) is 5.49. The van der Waals surface area contributed by atoms with E-state index in [-0.39, 0.29) is 6.54 Å². The third-order valence-electron chi connectivity index (χ3n) is 1.03. The molecule has 5 nitrogen and oxygen atoms in total. The van der Waals surface area contributed by atoms with E-state index < -0.39 is 10.8 Å². The van der Waals surface area contributed by atoms with Gasteiger partial charge in [-0.15, -0.1) is 0 Å². The van der Waals surface area contributed by atoms with Crippen molar-refractivity contribution in [3.8, 4) is 0 Å². The van der Waals surface area contributed by atoms with Crippen molar-refractivity contribution < 1.29 is 20.0 Å². The lowest BCUT2D eigenvalue weighted by Gasteiger charge is -2.06. The number of rotatable bonds is 0. The Balaban J connectivity index is 2.68.